The van der Waals surface area contributed by atoms with Crippen LogP contribution >= 0.6 is 23.1 Å². The van der Waals surface area contributed by atoms with Gasteiger partial charge in [-0.05, 0) is 31.2 Å². The molecule has 148 valence electrons. The number of rotatable bonds is 7. The highest BCUT2D eigenvalue weighted by Gasteiger charge is 2.15. The van der Waals surface area contributed by atoms with E-state index in [1.807, 2.05) is 61.5 Å². The molecule has 0 aliphatic carbocycles. The number of thiazole rings is 1. The van der Waals surface area contributed by atoms with Gasteiger partial charge < -0.3 is 10.1 Å². The zero-order valence-electron chi connectivity index (χ0n) is 16.1. The third-order valence-corrected chi connectivity index (χ3v) is 6.23. The summed E-state index contributed by atoms with van der Waals surface area (Å²) in [5, 5.41) is 8.19. The van der Waals surface area contributed by atoms with E-state index in [4.69, 9.17) is 4.74 Å². The first kappa shape index (κ1) is 19.5. The Bertz CT molecular complexity index is 1140. The highest BCUT2D eigenvalue weighted by atomic mass is 32.2. The molecule has 2 aromatic carbocycles. The van der Waals surface area contributed by atoms with Crippen molar-refractivity contribution in [2.45, 2.75) is 18.2 Å². The van der Waals surface area contributed by atoms with Gasteiger partial charge in [0.05, 0.1) is 23.0 Å². The first-order valence-corrected chi connectivity index (χ1v) is 10.9. The molecule has 0 bridgehead atoms. The van der Waals surface area contributed by atoms with Crippen LogP contribution in [0.1, 0.15) is 12.1 Å². The second kappa shape index (κ2) is 8.67. The van der Waals surface area contributed by atoms with E-state index in [1.165, 1.54) is 11.3 Å². The van der Waals surface area contributed by atoms with Crippen molar-refractivity contribution in [3.8, 4) is 10.9 Å². The van der Waals surface area contributed by atoms with Gasteiger partial charge in [0.2, 0.25) is 11.0 Å². The number of methoxy groups -OCH3 is 1. The quantitative estimate of drug-likeness (QED) is 0.427. The largest absolute Gasteiger partial charge is 0.497 e. The number of hydrogen-bond donors (Lipinski definition) is 1. The minimum absolute atomic E-state index is 0.0441. The van der Waals surface area contributed by atoms with Crippen LogP contribution in [-0.2, 0) is 4.79 Å². The zero-order valence-corrected chi connectivity index (χ0v) is 17.7. The van der Waals surface area contributed by atoms with E-state index in [2.05, 4.69) is 15.4 Å². The fraction of sp³-hybridized carbons (Fsp3) is 0.190. The molecule has 0 saturated carbocycles. The first-order chi connectivity index (χ1) is 14.1. The molecule has 0 fully saturated rings. The van der Waals surface area contributed by atoms with E-state index in [0.717, 1.165) is 26.6 Å². The molecule has 0 spiro atoms. The SMILES string of the molecule is COc1ccc2sc(-n3nc(C)cc3NC(=O)CCSc3ccccc3)nc2c1. The van der Waals surface area contributed by atoms with Crippen molar-refractivity contribution in [2.24, 2.45) is 0 Å². The van der Waals surface area contributed by atoms with Crippen LogP contribution in [0.25, 0.3) is 15.3 Å². The van der Waals surface area contributed by atoms with Crippen molar-refractivity contribution < 1.29 is 9.53 Å². The molecule has 0 aliphatic heterocycles. The predicted octanol–water partition coefficient (Wildman–Crippen LogP) is 4.92. The summed E-state index contributed by atoms with van der Waals surface area (Å²) < 4.78 is 7.99. The van der Waals surface area contributed by atoms with Crippen LogP contribution in [0, 0.1) is 6.92 Å². The lowest BCUT2D eigenvalue weighted by Crippen LogP contribution is -2.15. The maximum Gasteiger partial charge on any atom is 0.226 e. The molecule has 29 heavy (non-hydrogen) atoms. The number of ether oxygens (including phenoxy) is 1. The molecule has 4 aromatic rings. The minimum atomic E-state index is -0.0441. The van der Waals surface area contributed by atoms with Crippen LogP contribution in [0.4, 0.5) is 5.82 Å². The molecule has 1 amide bonds. The molecule has 0 atom stereocenters. The molecule has 0 saturated heterocycles. The number of fused-ring (bicyclic) bond motifs is 1. The Labute approximate surface area is 176 Å². The maximum atomic E-state index is 12.5. The topological polar surface area (TPSA) is 69.0 Å². The molecule has 0 radical (unpaired) electrons. The van der Waals surface area contributed by atoms with E-state index in [1.54, 1.807) is 23.6 Å². The van der Waals surface area contributed by atoms with Gasteiger partial charge in [-0.2, -0.15) is 9.78 Å². The summed E-state index contributed by atoms with van der Waals surface area (Å²) in [7, 11) is 1.63. The molecule has 1 N–H and O–H groups in total. The van der Waals surface area contributed by atoms with Gasteiger partial charge in [0.25, 0.3) is 0 Å². The fourth-order valence-electron chi connectivity index (χ4n) is 2.83. The molecule has 2 aromatic heterocycles. The van der Waals surface area contributed by atoms with Gasteiger partial charge >= 0.3 is 0 Å². The van der Waals surface area contributed by atoms with E-state index in [-0.39, 0.29) is 5.91 Å². The molecule has 2 heterocycles. The molecular formula is C21H20N4O2S2. The van der Waals surface area contributed by atoms with E-state index in [9.17, 15) is 4.79 Å². The fourth-order valence-corrected chi connectivity index (χ4v) is 4.61. The van der Waals surface area contributed by atoms with Crippen molar-refractivity contribution in [1.29, 1.82) is 0 Å². The van der Waals surface area contributed by atoms with Crippen molar-refractivity contribution in [1.82, 2.24) is 14.8 Å². The summed E-state index contributed by atoms with van der Waals surface area (Å²) in [5.41, 5.74) is 1.66. The third-order valence-electron chi connectivity index (χ3n) is 4.20. The van der Waals surface area contributed by atoms with Crippen molar-refractivity contribution in [3.63, 3.8) is 0 Å². The van der Waals surface area contributed by atoms with Crippen molar-refractivity contribution >= 4 is 45.0 Å². The summed E-state index contributed by atoms with van der Waals surface area (Å²) in [4.78, 5) is 18.3. The third kappa shape index (κ3) is 4.60. The number of anilines is 1. The van der Waals surface area contributed by atoms with Gasteiger partial charge in [0.15, 0.2) is 0 Å². The number of aromatic nitrogens is 3. The standard InChI is InChI=1S/C21H20N4O2S2/c1-14-12-19(23-20(26)10-11-28-16-6-4-3-5-7-16)25(24-14)21-22-17-13-15(27-2)8-9-18(17)29-21/h3-9,12-13H,10-11H2,1-2H3,(H,23,26). The number of benzene rings is 2. The Morgan fingerprint density at radius 3 is 2.83 bits per heavy atom. The Morgan fingerprint density at radius 2 is 2.03 bits per heavy atom. The van der Waals surface area contributed by atoms with Crippen molar-refractivity contribution in [3.05, 3.63) is 60.3 Å². The number of carbonyl (C=O) groups is 1. The van der Waals surface area contributed by atoms with Gasteiger partial charge in [-0.1, -0.05) is 29.5 Å². The van der Waals surface area contributed by atoms with Crippen LogP contribution < -0.4 is 10.1 Å². The summed E-state index contributed by atoms with van der Waals surface area (Å²) >= 11 is 3.18. The number of aryl methyl sites for hydroxylation is 1. The van der Waals surface area contributed by atoms with E-state index < -0.39 is 0 Å². The number of nitrogens with one attached hydrogen (secondary N) is 1. The predicted molar refractivity (Wildman–Crippen MR) is 118 cm³/mol. The highest BCUT2D eigenvalue weighted by molar-refractivity contribution is 7.99. The normalized spacial score (nSPS) is 11.0. The number of nitrogens with zero attached hydrogens (tertiary/aromatic N) is 3. The lowest BCUT2D eigenvalue weighted by atomic mass is 10.3. The molecule has 0 aliphatic rings. The average molecular weight is 425 g/mol. The van der Waals surface area contributed by atoms with Gasteiger partial charge in [-0.15, -0.1) is 11.8 Å². The molecule has 4 rings (SSSR count). The highest BCUT2D eigenvalue weighted by Crippen LogP contribution is 2.29. The molecule has 6 nitrogen and oxygen atoms in total. The second-order valence-electron chi connectivity index (χ2n) is 6.37. The van der Waals surface area contributed by atoms with E-state index in [0.29, 0.717) is 23.1 Å². The van der Waals surface area contributed by atoms with Crippen LogP contribution in [0.15, 0.2) is 59.5 Å². The number of hydrogen-bond acceptors (Lipinski definition) is 6. The Balaban J connectivity index is 1.47. The lowest BCUT2D eigenvalue weighted by molar-refractivity contribution is -0.115. The summed E-state index contributed by atoms with van der Waals surface area (Å²) in [6.07, 6.45) is 0.417. The second-order valence-corrected chi connectivity index (χ2v) is 8.55. The van der Waals surface area contributed by atoms with Crippen LogP contribution in [0.3, 0.4) is 0 Å². The van der Waals surface area contributed by atoms with Crippen LogP contribution in [0.2, 0.25) is 0 Å². The Morgan fingerprint density at radius 1 is 1.21 bits per heavy atom. The number of thioether (sulfide) groups is 1. The number of carbonyl (C=O) groups excluding carboxylic acids is 1. The van der Waals surface area contributed by atoms with Gasteiger partial charge in [-0.25, -0.2) is 4.98 Å². The minimum Gasteiger partial charge on any atom is -0.497 e. The average Bonchev–Trinajstić information content (AvgIpc) is 3.30. The van der Waals surface area contributed by atoms with Crippen molar-refractivity contribution in [2.75, 3.05) is 18.2 Å². The monoisotopic (exact) mass is 424 g/mol. The summed E-state index contributed by atoms with van der Waals surface area (Å²) in [6, 6.07) is 17.7. The van der Waals surface area contributed by atoms with E-state index >= 15 is 0 Å². The first-order valence-electron chi connectivity index (χ1n) is 9.12. The van der Waals surface area contributed by atoms with Crippen LogP contribution in [-0.4, -0.2) is 33.5 Å². The summed E-state index contributed by atoms with van der Waals surface area (Å²) in [6.45, 7) is 1.90. The summed E-state index contributed by atoms with van der Waals surface area (Å²) in [5.74, 6) is 2.06. The van der Waals surface area contributed by atoms with Crippen LogP contribution in [0.5, 0.6) is 5.75 Å². The van der Waals surface area contributed by atoms with Gasteiger partial charge in [-0.3, -0.25) is 4.79 Å². The molecule has 8 heteroatoms. The maximum absolute atomic E-state index is 12.5. The Kier molecular flexibility index (Phi) is 5.82. The lowest BCUT2D eigenvalue weighted by Gasteiger charge is -2.06. The number of amides is 1. The smallest absolute Gasteiger partial charge is 0.226 e. The molecule has 0 unspecified atom stereocenters. The Hall–Kier alpha value is -2.84. The molecular weight excluding hydrogens is 404 g/mol. The van der Waals surface area contributed by atoms with Gasteiger partial charge in [0.1, 0.15) is 11.6 Å². The van der Waals surface area contributed by atoms with Gasteiger partial charge in [0, 0.05) is 29.2 Å². The zero-order chi connectivity index (χ0) is 20.2.